The van der Waals surface area contributed by atoms with Crippen LogP contribution in [0.4, 0.5) is 4.79 Å². The summed E-state index contributed by atoms with van der Waals surface area (Å²) >= 11 is 6.52. The molecule has 1 aliphatic rings. The quantitative estimate of drug-likeness (QED) is 0.0562. The first-order valence-corrected chi connectivity index (χ1v) is 31.1. The summed E-state index contributed by atoms with van der Waals surface area (Å²) in [6, 6.07) is 2.86. The molecule has 9 heterocycles. The standard InChI is InChI=1S/C54H52N14O12S6/c1-8-28(41(71)55-15-23(3)69)58-42(72)32-19-83-50(63-32)36-22-84-49(65-36)30-13-12-27-39(57-30)31-17-85-51(60-31)38(25(5)80-53(77)56-16-26-11-10-14-79-26)67-44(74)34-21-86-52(64-34)40(54(6,7)78)68-45(75)35-20-82-48(62-35)29(9-2)59-46(76)37(24(4)70)66-43(73)33-18-81-47(27)61-33/h8-14,17-22,24-25,37-38,40,70,78H,15-16H2,1-7H3,(H,55,71)(H,56,77)(H,58,72)(H,59,76)(H,66,73)(H,67,74)(H,68,75)/b28-8-,29-9-. The second-order valence-corrected chi connectivity index (χ2v) is 24.6. The summed E-state index contributed by atoms with van der Waals surface area (Å²) < 4.78 is 11.2. The number of hydrogen-bond acceptors (Lipinski definition) is 25. The molecule has 86 heavy (non-hydrogen) atoms. The van der Waals surface area contributed by atoms with Gasteiger partial charge in [0.25, 0.3) is 29.5 Å². The number of aliphatic hydroxyl groups excluding tert-OH is 1. The summed E-state index contributed by atoms with van der Waals surface area (Å²) in [5, 5.41) is 51.7. The molecule has 5 atom stereocenters. The van der Waals surface area contributed by atoms with Crippen LogP contribution in [0, 0.1) is 0 Å². The van der Waals surface area contributed by atoms with Crippen molar-refractivity contribution >= 4 is 121 Å². The van der Waals surface area contributed by atoms with Gasteiger partial charge in [-0.2, -0.15) is 0 Å². The number of allylic oxidation sites excluding steroid dienone is 2. The fourth-order valence-corrected chi connectivity index (χ4v) is 13.3. The third-order valence-corrected chi connectivity index (χ3v) is 17.8. The number of carbonyl (C=O) groups is 8. The molecule has 446 valence electrons. The zero-order valence-corrected chi connectivity index (χ0v) is 51.3. The first-order valence-electron chi connectivity index (χ1n) is 25.9. The summed E-state index contributed by atoms with van der Waals surface area (Å²) in [5.74, 6) is -4.20. The van der Waals surface area contributed by atoms with Crippen molar-refractivity contribution in [3.63, 3.8) is 0 Å². The highest BCUT2D eigenvalue weighted by Gasteiger charge is 2.36. The number of ketones is 1. The van der Waals surface area contributed by atoms with E-state index in [9.17, 15) is 48.6 Å². The molecule has 0 saturated carbocycles. The van der Waals surface area contributed by atoms with Gasteiger partial charge in [-0.05, 0) is 72.7 Å². The number of hydrogen-bond donors (Lipinski definition) is 9. The molecule has 0 spiro atoms. The van der Waals surface area contributed by atoms with Crippen molar-refractivity contribution in [2.24, 2.45) is 0 Å². The van der Waals surface area contributed by atoms with E-state index in [4.69, 9.17) is 24.1 Å². The molecule has 8 aromatic heterocycles. The summed E-state index contributed by atoms with van der Waals surface area (Å²) in [6.07, 6.45) is 0.997. The molecule has 8 bridgehead atoms. The highest BCUT2D eigenvalue weighted by molar-refractivity contribution is 7.15. The Kier molecular flexibility index (Phi) is 19.3. The van der Waals surface area contributed by atoms with Gasteiger partial charge in [0.15, 0.2) is 0 Å². The van der Waals surface area contributed by atoms with E-state index in [0.717, 1.165) is 56.7 Å². The Balaban J connectivity index is 1.10. The van der Waals surface area contributed by atoms with E-state index in [2.05, 4.69) is 57.2 Å². The van der Waals surface area contributed by atoms with Gasteiger partial charge < -0.3 is 56.6 Å². The van der Waals surface area contributed by atoms with Crippen molar-refractivity contribution in [3.8, 4) is 43.4 Å². The first kappa shape index (κ1) is 61.9. The molecule has 26 nitrogen and oxygen atoms in total. The number of aliphatic hydroxyl groups is 2. The third-order valence-electron chi connectivity index (χ3n) is 12.4. The smallest absolute Gasteiger partial charge is 0.407 e. The molecule has 0 aliphatic carbocycles. The van der Waals surface area contributed by atoms with Gasteiger partial charge in [-0.25, -0.2) is 39.7 Å². The number of nitrogens with zero attached hydrogens (tertiary/aromatic N) is 7. The number of furan rings is 1. The Morgan fingerprint density at radius 3 is 2.00 bits per heavy atom. The van der Waals surface area contributed by atoms with Crippen LogP contribution in [0.1, 0.15) is 123 Å². The molecular weight excluding hydrogens is 1230 g/mol. The highest BCUT2D eigenvalue weighted by atomic mass is 32.1. The van der Waals surface area contributed by atoms with Crippen LogP contribution in [0.3, 0.4) is 0 Å². The normalized spacial score (nSPS) is 17.3. The van der Waals surface area contributed by atoms with Crippen LogP contribution in [0.2, 0.25) is 0 Å². The number of thiazole rings is 6. The fourth-order valence-electron chi connectivity index (χ4n) is 8.02. The first-order chi connectivity index (χ1) is 41.1. The van der Waals surface area contributed by atoms with E-state index in [-0.39, 0.29) is 84.5 Å². The number of nitrogens with one attached hydrogen (secondary N) is 7. The molecule has 9 N–H and O–H groups in total. The Labute approximate surface area is 512 Å². The lowest BCUT2D eigenvalue weighted by molar-refractivity contribution is -0.124. The maximum absolute atomic E-state index is 14.4. The maximum atomic E-state index is 14.4. The van der Waals surface area contributed by atoms with Crippen molar-refractivity contribution in [3.05, 3.63) is 124 Å². The zero-order valence-electron chi connectivity index (χ0n) is 46.4. The lowest BCUT2D eigenvalue weighted by Gasteiger charge is -2.28. The van der Waals surface area contributed by atoms with Gasteiger partial charge in [0.1, 0.15) is 111 Å². The molecule has 7 amide bonds. The van der Waals surface area contributed by atoms with E-state index < -0.39 is 77.5 Å². The Bertz CT molecular complexity index is 3940. The number of aromatic nitrogens is 7. The van der Waals surface area contributed by atoms with Crippen molar-refractivity contribution in [2.75, 3.05) is 6.54 Å². The topological polar surface area (TPSA) is 374 Å². The van der Waals surface area contributed by atoms with Gasteiger partial charge in [-0.1, -0.05) is 12.2 Å². The van der Waals surface area contributed by atoms with Crippen LogP contribution in [-0.4, -0.2) is 123 Å². The molecule has 8 aromatic rings. The van der Waals surface area contributed by atoms with Crippen molar-refractivity contribution in [1.29, 1.82) is 0 Å². The number of rotatable bonds is 13. The maximum Gasteiger partial charge on any atom is 0.407 e. The van der Waals surface area contributed by atoms with E-state index in [1.54, 1.807) is 55.8 Å². The number of alkyl carbamates (subject to hydrolysis) is 1. The predicted octanol–water partition coefficient (Wildman–Crippen LogP) is 6.42. The van der Waals surface area contributed by atoms with Crippen molar-refractivity contribution in [2.45, 2.75) is 90.9 Å². The number of pyridine rings is 1. The van der Waals surface area contributed by atoms with Gasteiger partial charge in [-0.15, -0.1) is 68.0 Å². The Morgan fingerprint density at radius 2 is 1.31 bits per heavy atom. The summed E-state index contributed by atoms with van der Waals surface area (Å²) in [7, 11) is 0. The molecule has 0 radical (unpaired) electrons. The van der Waals surface area contributed by atoms with Crippen LogP contribution >= 0.6 is 68.0 Å². The van der Waals surface area contributed by atoms with E-state index in [1.165, 1.54) is 79.0 Å². The molecule has 1 aliphatic heterocycles. The minimum atomic E-state index is -1.65. The van der Waals surface area contributed by atoms with E-state index in [1.807, 2.05) is 0 Å². The van der Waals surface area contributed by atoms with E-state index >= 15 is 0 Å². The average molecular weight is 1280 g/mol. The van der Waals surface area contributed by atoms with Crippen LogP contribution < -0.4 is 37.2 Å². The van der Waals surface area contributed by atoms with Gasteiger partial charge >= 0.3 is 6.09 Å². The van der Waals surface area contributed by atoms with Crippen LogP contribution in [0.5, 0.6) is 0 Å². The van der Waals surface area contributed by atoms with Crippen molar-refractivity contribution < 1.29 is 57.7 Å². The number of fused-ring (bicyclic) bond motifs is 11. The summed E-state index contributed by atoms with van der Waals surface area (Å²) in [5.41, 5.74) is -0.242. The summed E-state index contributed by atoms with van der Waals surface area (Å²) in [6.45, 7) is 10.1. The van der Waals surface area contributed by atoms with Crippen LogP contribution in [-0.2, 0) is 25.7 Å². The van der Waals surface area contributed by atoms with Crippen molar-refractivity contribution in [1.82, 2.24) is 72.1 Å². The SMILES string of the molecule is C/C=C(\NC(=O)c1csc(-c2csc(-c3ccc4c(n3)-c3csc(n3)C(C(C)OC(=O)NCc3ccco3)NC(=O)c3csc(n3)C(C(C)(C)O)NC(=O)c3csc(n3)/C(=C/C)NC(=O)C(C(C)O)NC(=O)c3csc-4n3)n2)n1)C(=O)NCC(C)=O. The lowest BCUT2D eigenvalue weighted by atomic mass is 9.99. The number of amides is 7. The molecule has 0 fully saturated rings. The van der Waals surface area contributed by atoms with Crippen LogP contribution in [0.25, 0.3) is 49.1 Å². The van der Waals surface area contributed by atoms with Gasteiger partial charge in [0.05, 0.1) is 42.4 Å². The van der Waals surface area contributed by atoms with Gasteiger partial charge in [0.2, 0.25) is 5.91 Å². The number of Topliss-reactive ketones (excluding diaryl/α,β-unsaturated/α-hetero) is 1. The molecule has 9 rings (SSSR count). The molecule has 0 aromatic carbocycles. The van der Waals surface area contributed by atoms with Gasteiger partial charge in [-0.3, -0.25) is 33.6 Å². The van der Waals surface area contributed by atoms with E-state index in [0.29, 0.717) is 32.7 Å². The largest absolute Gasteiger partial charge is 0.467 e. The lowest BCUT2D eigenvalue weighted by Crippen LogP contribution is -2.52. The highest BCUT2D eigenvalue weighted by Crippen LogP contribution is 2.39. The fraction of sp³-hybridized carbons (Fsp3) is 0.278. The van der Waals surface area contributed by atoms with Crippen LogP contribution in [0.15, 0.2) is 85.1 Å². The third kappa shape index (κ3) is 14.5. The van der Waals surface area contributed by atoms with Gasteiger partial charge in [0, 0.05) is 37.8 Å². The summed E-state index contributed by atoms with van der Waals surface area (Å²) in [4.78, 5) is 140. The Morgan fingerprint density at radius 1 is 0.709 bits per heavy atom. The second kappa shape index (κ2) is 26.7. The molecular formula is C54H52N14O12S6. The molecule has 32 heteroatoms. The number of carbonyl (C=O) groups excluding carboxylic acids is 8. The predicted molar refractivity (Wildman–Crippen MR) is 321 cm³/mol. The monoisotopic (exact) mass is 1280 g/mol. The minimum Gasteiger partial charge on any atom is -0.467 e. The molecule has 5 unspecified atom stereocenters. The second-order valence-electron chi connectivity index (χ2n) is 19.4. The molecule has 0 saturated heterocycles. The minimum absolute atomic E-state index is 0.00546. The zero-order chi connectivity index (χ0) is 61.6. The Hall–Kier alpha value is -8.63. The number of ether oxygens (including phenoxy) is 1. The average Bonchev–Trinajstić information content (AvgIpc) is 4.48.